The Bertz CT molecular complexity index is 498. The lowest BCUT2D eigenvalue weighted by Gasteiger charge is -2.34. The summed E-state index contributed by atoms with van der Waals surface area (Å²) < 4.78 is 0. The van der Waals surface area contributed by atoms with Crippen LogP contribution in [0.15, 0.2) is 18.6 Å². The average molecular weight is 304 g/mol. The highest BCUT2D eigenvalue weighted by molar-refractivity contribution is 5.79. The van der Waals surface area contributed by atoms with Gasteiger partial charge in [0.2, 0.25) is 5.91 Å². The van der Waals surface area contributed by atoms with E-state index in [0.717, 1.165) is 44.6 Å². The molecule has 1 unspecified atom stereocenters. The van der Waals surface area contributed by atoms with Gasteiger partial charge in [-0.15, -0.1) is 0 Å². The number of likely N-dealkylation sites (N-methyl/N-ethyl adjacent to an activating group) is 1. The molecular weight excluding hydrogens is 280 g/mol. The zero-order chi connectivity index (χ0) is 15.5. The second kappa shape index (κ2) is 6.60. The summed E-state index contributed by atoms with van der Waals surface area (Å²) in [7, 11) is 1.81. The van der Waals surface area contributed by atoms with Crippen molar-refractivity contribution in [3.8, 4) is 0 Å². The SMILES string of the molecule is CN(CC(O)C1CC1)C(=O)C1CCN(c2cnccn2)CC1. The molecule has 1 aromatic rings. The predicted molar refractivity (Wildman–Crippen MR) is 83.3 cm³/mol. The fraction of sp³-hybridized carbons (Fsp3) is 0.688. The molecule has 22 heavy (non-hydrogen) atoms. The highest BCUT2D eigenvalue weighted by Gasteiger charge is 2.33. The van der Waals surface area contributed by atoms with Crippen molar-refractivity contribution in [3.05, 3.63) is 18.6 Å². The van der Waals surface area contributed by atoms with Gasteiger partial charge < -0.3 is 14.9 Å². The molecule has 2 heterocycles. The first kappa shape index (κ1) is 15.2. The van der Waals surface area contributed by atoms with Crippen LogP contribution in [-0.4, -0.2) is 58.7 Å². The zero-order valence-corrected chi connectivity index (χ0v) is 13.1. The molecular formula is C16H24N4O2. The Morgan fingerprint density at radius 2 is 2.09 bits per heavy atom. The fourth-order valence-corrected chi connectivity index (χ4v) is 3.12. The first-order valence-electron chi connectivity index (χ1n) is 8.09. The van der Waals surface area contributed by atoms with Gasteiger partial charge >= 0.3 is 0 Å². The Kier molecular flexibility index (Phi) is 4.57. The number of carbonyl (C=O) groups is 1. The van der Waals surface area contributed by atoms with Gasteiger partial charge in [-0.25, -0.2) is 4.98 Å². The molecule has 0 aromatic carbocycles. The summed E-state index contributed by atoms with van der Waals surface area (Å²) in [4.78, 5) is 24.8. The third-order valence-electron chi connectivity index (χ3n) is 4.72. The van der Waals surface area contributed by atoms with Crippen LogP contribution < -0.4 is 4.90 Å². The Morgan fingerprint density at radius 1 is 1.36 bits per heavy atom. The molecule has 1 aliphatic heterocycles. The quantitative estimate of drug-likeness (QED) is 0.876. The molecule has 6 nitrogen and oxygen atoms in total. The van der Waals surface area contributed by atoms with E-state index in [9.17, 15) is 9.90 Å². The van der Waals surface area contributed by atoms with Crippen molar-refractivity contribution in [2.24, 2.45) is 11.8 Å². The van der Waals surface area contributed by atoms with Crippen molar-refractivity contribution >= 4 is 11.7 Å². The molecule has 1 saturated carbocycles. The number of aliphatic hydroxyl groups is 1. The van der Waals surface area contributed by atoms with Crippen molar-refractivity contribution in [1.29, 1.82) is 0 Å². The smallest absolute Gasteiger partial charge is 0.225 e. The molecule has 0 radical (unpaired) electrons. The lowest BCUT2D eigenvalue weighted by molar-refractivity contribution is -0.136. The minimum Gasteiger partial charge on any atom is -0.391 e. The van der Waals surface area contributed by atoms with Crippen molar-refractivity contribution in [2.75, 3.05) is 31.6 Å². The molecule has 6 heteroatoms. The number of hydrogen-bond donors (Lipinski definition) is 1. The molecule has 2 aliphatic rings. The van der Waals surface area contributed by atoms with Crippen LogP contribution in [0.3, 0.4) is 0 Å². The molecule has 120 valence electrons. The molecule has 3 rings (SSSR count). The maximum absolute atomic E-state index is 12.5. The Morgan fingerprint density at radius 3 is 2.68 bits per heavy atom. The third kappa shape index (κ3) is 3.55. The van der Waals surface area contributed by atoms with Gasteiger partial charge in [0.25, 0.3) is 0 Å². The van der Waals surface area contributed by atoms with Crippen molar-refractivity contribution in [3.63, 3.8) is 0 Å². The summed E-state index contributed by atoms with van der Waals surface area (Å²) in [5.41, 5.74) is 0. The third-order valence-corrected chi connectivity index (χ3v) is 4.72. The van der Waals surface area contributed by atoms with Gasteiger partial charge in [-0.05, 0) is 31.6 Å². The molecule has 2 fully saturated rings. The van der Waals surface area contributed by atoms with Crippen LogP contribution >= 0.6 is 0 Å². The second-order valence-electron chi connectivity index (χ2n) is 6.45. The largest absolute Gasteiger partial charge is 0.391 e. The zero-order valence-electron chi connectivity index (χ0n) is 13.1. The number of rotatable bonds is 5. The topological polar surface area (TPSA) is 69.6 Å². The number of anilines is 1. The number of aromatic nitrogens is 2. The maximum Gasteiger partial charge on any atom is 0.225 e. The van der Waals surface area contributed by atoms with E-state index >= 15 is 0 Å². The van der Waals surface area contributed by atoms with E-state index in [0.29, 0.717) is 12.5 Å². The number of carbonyl (C=O) groups excluding carboxylic acids is 1. The van der Waals surface area contributed by atoms with Gasteiger partial charge in [-0.3, -0.25) is 9.78 Å². The standard InChI is InChI=1S/C16H24N4O2/c1-19(11-14(21)12-2-3-12)16(22)13-4-8-20(9-5-13)15-10-17-6-7-18-15/h6-7,10,12-14,21H,2-5,8-9,11H2,1H3. The molecule has 1 aromatic heterocycles. The van der Waals surface area contributed by atoms with E-state index in [-0.39, 0.29) is 17.9 Å². The van der Waals surface area contributed by atoms with Gasteiger partial charge in [0.05, 0.1) is 12.3 Å². The van der Waals surface area contributed by atoms with Crippen molar-refractivity contribution in [1.82, 2.24) is 14.9 Å². The minimum absolute atomic E-state index is 0.0596. The van der Waals surface area contributed by atoms with Gasteiger partial charge in [0.15, 0.2) is 0 Å². The van der Waals surface area contributed by atoms with E-state index in [1.165, 1.54) is 0 Å². The molecule has 1 atom stereocenters. The van der Waals surface area contributed by atoms with Crippen LogP contribution in [0, 0.1) is 11.8 Å². The van der Waals surface area contributed by atoms with Crippen LogP contribution in [-0.2, 0) is 4.79 Å². The average Bonchev–Trinajstić information content (AvgIpc) is 3.40. The number of aliphatic hydroxyl groups excluding tert-OH is 1. The van der Waals surface area contributed by atoms with Crippen LogP contribution in [0.2, 0.25) is 0 Å². The van der Waals surface area contributed by atoms with Gasteiger partial charge in [-0.2, -0.15) is 0 Å². The summed E-state index contributed by atoms with van der Waals surface area (Å²) in [5.74, 6) is 1.52. The molecule has 0 spiro atoms. The first-order chi connectivity index (χ1) is 10.6. The Hall–Kier alpha value is -1.69. The lowest BCUT2D eigenvalue weighted by Crippen LogP contribution is -2.43. The van der Waals surface area contributed by atoms with E-state index in [2.05, 4.69) is 14.9 Å². The number of hydrogen-bond acceptors (Lipinski definition) is 5. The monoisotopic (exact) mass is 304 g/mol. The fourth-order valence-electron chi connectivity index (χ4n) is 3.12. The summed E-state index contributed by atoms with van der Waals surface area (Å²) in [6.45, 7) is 2.12. The van der Waals surface area contributed by atoms with E-state index in [1.807, 2.05) is 7.05 Å². The van der Waals surface area contributed by atoms with E-state index in [4.69, 9.17) is 0 Å². The minimum atomic E-state index is -0.353. The van der Waals surface area contributed by atoms with Crippen LogP contribution in [0.4, 0.5) is 5.82 Å². The Balaban J connectivity index is 1.49. The maximum atomic E-state index is 12.5. The summed E-state index contributed by atoms with van der Waals surface area (Å²) >= 11 is 0. The number of nitrogens with zero attached hydrogens (tertiary/aromatic N) is 4. The van der Waals surface area contributed by atoms with Crippen molar-refractivity contribution < 1.29 is 9.90 Å². The molecule has 0 bridgehead atoms. The van der Waals surface area contributed by atoms with Gasteiger partial charge in [0, 0.05) is 45.0 Å². The molecule has 1 amide bonds. The van der Waals surface area contributed by atoms with E-state index in [1.54, 1.807) is 23.5 Å². The van der Waals surface area contributed by atoms with Crippen LogP contribution in [0.1, 0.15) is 25.7 Å². The van der Waals surface area contributed by atoms with Crippen LogP contribution in [0.25, 0.3) is 0 Å². The summed E-state index contributed by atoms with van der Waals surface area (Å²) in [6.07, 6.45) is 8.63. The molecule has 1 aliphatic carbocycles. The van der Waals surface area contributed by atoms with Gasteiger partial charge in [-0.1, -0.05) is 0 Å². The number of amides is 1. The predicted octanol–water partition coefficient (Wildman–Crippen LogP) is 0.922. The summed E-state index contributed by atoms with van der Waals surface area (Å²) in [5, 5.41) is 9.98. The van der Waals surface area contributed by atoms with Crippen LogP contribution in [0.5, 0.6) is 0 Å². The molecule has 1 saturated heterocycles. The first-order valence-corrected chi connectivity index (χ1v) is 8.09. The highest BCUT2D eigenvalue weighted by Crippen LogP contribution is 2.33. The van der Waals surface area contributed by atoms with Gasteiger partial charge in [0.1, 0.15) is 5.82 Å². The summed E-state index contributed by atoms with van der Waals surface area (Å²) in [6, 6.07) is 0. The number of piperidine rings is 1. The van der Waals surface area contributed by atoms with E-state index < -0.39 is 0 Å². The second-order valence-corrected chi connectivity index (χ2v) is 6.45. The highest BCUT2D eigenvalue weighted by atomic mass is 16.3. The van der Waals surface area contributed by atoms with Crippen molar-refractivity contribution in [2.45, 2.75) is 31.8 Å². The normalized spacial score (nSPS) is 20.7. The molecule has 1 N–H and O–H groups in total. The lowest BCUT2D eigenvalue weighted by atomic mass is 9.95. The Labute approximate surface area is 131 Å².